The van der Waals surface area contributed by atoms with Crippen LogP contribution in [0.2, 0.25) is 0 Å². The third kappa shape index (κ3) is 6.29. The summed E-state index contributed by atoms with van der Waals surface area (Å²) in [5.74, 6) is -0.248. The number of aryl methyl sites for hydroxylation is 1. The molecule has 0 aliphatic rings. The highest BCUT2D eigenvalue weighted by molar-refractivity contribution is 5.85. The monoisotopic (exact) mass is 292 g/mol. The fourth-order valence-electron chi connectivity index (χ4n) is 1.91. The smallest absolute Gasteiger partial charge is 0.408 e. The van der Waals surface area contributed by atoms with Crippen molar-refractivity contribution < 1.29 is 14.3 Å². The molecule has 1 rings (SSSR count). The first kappa shape index (κ1) is 17.0. The van der Waals surface area contributed by atoms with Crippen LogP contribution in [-0.4, -0.2) is 30.7 Å². The van der Waals surface area contributed by atoms with E-state index in [1.165, 1.54) is 0 Å². The SMILES string of the molecule is CNC(=O)C(Cc1cccc(C)c1)NC(=O)OC(C)(C)C. The number of carbonyl (C=O) groups excluding carboxylic acids is 2. The van der Waals surface area contributed by atoms with Crippen LogP contribution in [0.3, 0.4) is 0 Å². The van der Waals surface area contributed by atoms with E-state index >= 15 is 0 Å². The Morgan fingerprint density at radius 2 is 1.95 bits per heavy atom. The van der Waals surface area contributed by atoms with Gasteiger partial charge in [-0.05, 0) is 33.3 Å². The van der Waals surface area contributed by atoms with Crippen LogP contribution in [0.5, 0.6) is 0 Å². The van der Waals surface area contributed by atoms with Crippen molar-refractivity contribution in [3.63, 3.8) is 0 Å². The van der Waals surface area contributed by atoms with E-state index in [-0.39, 0.29) is 5.91 Å². The van der Waals surface area contributed by atoms with Crippen LogP contribution in [0, 0.1) is 6.92 Å². The molecule has 2 N–H and O–H groups in total. The quantitative estimate of drug-likeness (QED) is 0.893. The maximum Gasteiger partial charge on any atom is 0.408 e. The summed E-state index contributed by atoms with van der Waals surface area (Å²) in [5, 5.41) is 5.18. The minimum atomic E-state index is -0.661. The Morgan fingerprint density at radius 1 is 1.29 bits per heavy atom. The molecule has 0 bridgehead atoms. The Balaban J connectivity index is 2.77. The number of hydrogen-bond acceptors (Lipinski definition) is 3. The number of ether oxygens (including phenoxy) is 1. The van der Waals surface area contributed by atoms with Crippen molar-refractivity contribution in [3.8, 4) is 0 Å². The van der Waals surface area contributed by atoms with Crippen molar-refractivity contribution in [2.45, 2.75) is 45.8 Å². The van der Waals surface area contributed by atoms with Gasteiger partial charge in [0.25, 0.3) is 0 Å². The van der Waals surface area contributed by atoms with E-state index in [9.17, 15) is 9.59 Å². The zero-order valence-electron chi connectivity index (χ0n) is 13.3. The lowest BCUT2D eigenvalue weighted by Gasteiger charge is -2.23. The summed E-state index contributed by atoms with van der Waals surface area (Å²) in [6, 6.07) is 7.18. The summed E-state index contributed by atoms with van der Waals surface area (Å²) in [4.78, 5) is 23.8. The van der Waals surface area contributed by atoms with Gasteiger partial charge in [0, 0.05) is 13.5 Å². The molecule has 5 nitrogen and oxygen atoms in total. The van der Waals surface area contributed by atoms with Gasteiger partial charge in [0.05, 0.1) is 0 Å². The van der Waals surface area contributed by atoms with E-state index in [1.54, 1.807) is 27.8 Å². The predicted octanol–water partition coefficient (Wildman–Crippen LogP) is 2.18. The van der Waals surface area contributed by atoms with Crippen molar-refractivity contribution in [2.75, 3.05) is 7.05 Å². The number of rotatable bonds is 4. The molecule has 0 heterocycles. The van der Waals surface area contributed by atoms with Crippen LogP contribution in [0.1, 0.15) is 31.9 Å². The van der Waals surface area contributed by atoms with Crippen molar-refractivity contribution in [2.24, 2.45) is 0 Å². The summed E-state index contributed by atoms with van der Waals surface area (Å²) in [6.07, 6.45) is -0.176. The molecule has 0 radical (unpaired) electrons. The van der Waals surface area contributed by atoms with Gasteiger partial charge in [0.15, 0.2) is 0 Å². The van der Waals surface area contributed by atoms with Gasteiger partial charge in [-0.15, -0.1) is 0 Å². The maximum atomic E-state index is 11.9. The zero-order valence-corrected chi connectivity index (χ0v) is 13.3. The molecule has 0 saturated carbocycles. The number of hydrogen-bond donors (Lipinski definition) is 2. The van der Waals surface area contributed by atoms with Gasteiger partial charge in [0.2, 0.25) is 5.91 Å². The lowest BCUT2D eigenvalue weighted by atomic mass is 10.0. The molecule has 0 fully saturated rings. The van der Waals surface area contributed by atoms with Gasteiger partial charge in [-0.1, -0.05) is 29.8 Å². The van der Waals surface area contributed by atoms with E-state index in [1.807, 2.05) is 31.2 Å². The Hall–Kier alpha value is -2.04. The molecular formula is C16H24N2O3. The average Bonchev–Trinajstić information content (AvgIpc) is 2.34. The highest BCUT2D eigenvalue weighted by Crippen LogP contribution is 2.10. The predicted molar refractivity (Wildman–Crippen MR) is 82.1 cm³/mol. The van der Waals surface area contributed by atoms with Crippen molar-refractivity contribution in [1.29, 1.82) is 0 Å². The van der Waals surface area contributed by atoms with E-state index in [0.29, 0.717) is 6.42 Å². The molecule has 0 spiro atoms. The van der Waals surface area contributed by atoms with E-state index in [4.69, 9.17) is 4.74 Å². The van der Waals surface area contributed by atoms with Crippen LogP contribution in [0.4, 0.5) is 4.79 Å². The molecule has 0 saturated heterocycles. The molecule has 1 aromatic carbocycles. The summed E-state index contributed by atoms with van der Waals surface area (Å²) in [5.41, 5.74) is 1.50. The van der Waals surface area contributed by atoms with Gasteiger partial charge in [-0.3, -0.25) is 4.79 Å². The first-order chi connectivity index (χ1) is 9.71. The Morgan fingerprint density at radius 3 is 2.48 bits per heavy atom. The topological polar surface area (TPSA) is 67.4 Å². The number of alkyl carbamates (subject to hydrolysis) is 1. The first-order valence-electron chi connectivity index (χ1n) is 6.98. The Bertz CT molecular complexity index is 506. The summed E-state index contributed by atoms with van der Waals surface area (Å²) >= 11 is 0. The summed E-state index contributed by atoms with van der Waals surface area (Å²) < 4.78 is 5.19. The highest BCUT2D eigenvalue weighted by Gasteiger charge is 2.23. The Labute approximate surface area is 126 Å². The Kier molecular flexibility index (Phi) is 5.76. The minimum Gasteiger partial charge on any atom is -0.444 e. The molecule has 5 heteroatoms. The zero-order chi connectivity index (χ0) is 16.0. The molecule has 116 valence electrons. The third-order valence-electron chi connectivity index (χ3n) is 2.78. The fourth-order valence-corrected chi connectivity index (χ4v) is 1.91. The van der Waals surface area contributed by atoms with Crippen LogP contribution in [0.15, 0.2) is 24.3 Å². The molecule has 2 amide bonds. The number of benzene rings is 1. The van der Waals surface area contributed by atoms with Gasteiger partial charge < -0.3 is 15.4 Å². The molecule has 1 unspecified atom stereocenters. The second kappa shape index (κ2) is 7.11. The second-order valence-electron chi connectivity index (χ2n) is 6.01. The fraction of sp³-hybridized carbons (Fsp3) is 0.500. The second-order valence-corrected chi connectivity index (χ2v) is 6.01. The third-order valence-corrected chi connectivity index (χ3v) is 2.78. The van der Waals surface area contributed by atoms with Gasteiger partial charge in [0.1, 0.15) is 11.6 Å². The van der Waals surface area contributed by atoms with Gasteiger partial charge in [-0.25, -0.2) is 4.79 Å². The standard InChI is InChI=1S/C16H24N2O3/c1-11-7-6-8-12(9-11)10-13(14(19)17-5)18-15(20)21-16(2,3)4/h6-9,13H,10H2,1-5H3,(H,17,19)(H,18,20). The van der Waals surface area contributed by atoms with Crippen molar-refractivity contribution >= 4 is 12.0 Å². The molecule has 1 atom stereocenters. The first-order valence-corrected chi connectivity index (χ1v) is 6.98. The van der Waals surface area contributed by atoms with E-state index in [2.05, 4.69) is 10.6 Å². The minimum absolute atomic E-state index is 0.248. The lowest BCUT2D eigenvalue weighted by molar-refractivity contribution is -0.122. The van der Waals surface area contributed by atoms with Gasteiger partial charge >= 0.3 is 6.09 Å². The number of likely N-dealkylation sites (N-methyl/N-ethyl adjacent to an activating group) is 1. The summed E-state index contributed by atoms with van der Waals surface area (Å²) in [7, 11) is 1.54. The average molecular weight is 292 g/mol. The lowest BCUT2D eigenvalue weighted by Crippen LogP contribution is -2.48. The van der Waals surface area contributed by atoms with Crippen LogP contribution < -0.4 is 10.6 Å². The molecule has 0 aliphatic carbocycles. The van der Waals surface area contributed by atoms with E-state index < -0.39 is 17.7 Å². The summed E-state index contributed by atoms with van der Waals surface area (Å²) in [6.45, 7) is 7.33. The molecule has 0 aromatic heterocycles. The number of carbonyl (C=O) groups is 2. The normalized spacial score (nSPS) is 12.4. The van der Waals surface area contributed by atoms with Gasteiger partial charge in [-0.2, -0.15) is 0 Å². The van der Waals surface area contributed by atoms with Crippen LogP contribution in [-0.2, 0) is 16.0 Å². The highest BCUT2D eigenvalue weighted by atomic mass is 16.6. The molecule has 1 aromatic rings. The van der Waals surface area contributed by atoms with Crippen LogP contribution >= 0.6 is 0 Å². The number of amides is 2. The number of nitrogens with one attached hydrogen (secondary N) is 2. The largest absolute Gasteiger partial charge is 0.444 e. The molecule has 21 heavy (non-hydrogen) atoms. The molecular weight excluding hydrogens is 268 g/mol. The van der Waals surface area contributed by atoms with Crippen LogP contribution in [0.25, 0.3) is 0 Å². The molecule has 0 aliphatic heterocycles. The van der Waals surface area contributed by atoms with Crippen molar-refractivity contribution in [3.05, 3.63) is 35.4 Å². The van der Waals surface area contributed by atoms with E-state index in [0.717, 1.165) is 11.1 Å². The van der Waals surface area contributed by atoms with Crippen molar-refractivity contribution in [1.82, 2.24) is 10.6 Å². The maximum absolute atomic E-state index is 11.9.